The molecule has 0 bridgehead atoms. The van der Waals surface area contributed by atoms with Crippen molar-refractivity contribution in [3.63, 3.8) is 0 Å². The van der Waals surface area contributed by atoms with Crippen molar-refractivity contribution in [2.24, 2.45) is 0 Å². The third-order valence-electron chi connectivity index (χ3n) is 1.90. The lowest BCUT2D eigenvalue weighted by Gasteiger charge is -1.96. The number of aromatic amines is 1. The molecule has 0 radical (unpaired) electrons. The molecular weight excluding hydrogens is 186 g/mol. The van der Waals surface area contributed by atoms with Crippen LogP contribution in [0, 0.1) is 6.92 Å². The molecule has 0 unspecified atom stereocenters. The second-order valence-corrected chi connectivity index (χ2v) is 3.01. The lowest BCUT2D eigenvalue weighted by atomic mass is 10.1. The summed E-state index contributed by atoms with van der Waals surface area (Å²) in [6.07, 6.45) is 0. The third-order valence-corrected chi connectivity index (χ3v) is 1.90. The van der Waals surface area contributed by atoms with Gasteiger partial charge in [0.05, 0.1) is 5.52 Å². The van der Waals surface area contributed by atoms with Gasteiger partial charge in [-0.15, -0.1) is 0 Å². The number of fused-ring (bicyclic) bond motifs is 1. The second kappa shape index (κ2) is 2.73. The number of aryl methyl sites for hydroxylation is 1. The highest BCUT2D eigenvalue weighted by Crippen LogP contribution is 2.17. The molecule has 5 heteroatoms. The number of aromatic nitrogens is 1. The maximum atomic E-state index is 10.9. The molecular formula is C9H7NO4. The fraction of sp³-hybridized carbons (Fsp3) is 0.111. The van der Waals surface area contributed by atoms with E-state index in [1.165, 1.54) is 6.07 Å². The van der Waals surface area contributed by atoms with E-state index in [2.05, 4.69) is 4.98 Å². The third kappa shape index (κ3) is 1.19. The zero-order valence-electron chi connectivity index (χ0n) is 7.33. The van der Waals surface area contributed by atoms with Crippen LogP contribution in [0.2, 0.25) is 0 Å². The Morgan fingerprint density at radius 3 is 2.86 bits per heavy atom. The highest BCUT2D eigenvalue weighted by Gasteiger charge is 2.13. The lowest BCUT2D eigenvalue weighted by molar-refractivity contribution is 0.0697. The number of carboxylic acid groups (broad SMARTS) is 1. The highest BCUT2D eigenvalue weighted by atomic mass is 16.4. The van der Waals surface area contributed by atoms with Gasteiger partial charge in [0.25, 0.3) is 0 Å². The maximum Gasteiger partial charge on any atom is 0.417 e. The molecule has 2 aromatic rings. The van der Waals surface area contributed by atoms with Gasteiger partial charge in [0.1, 0.15) is 5.56 Å². The summed E-state index contributed by atoms with van der Waals surface area (Å²) in [4.78, 5) is 24.1. The standard InChI is InChI=1S/C9H7NO4/c1-4-2-5(8(11)12)7-6(3-4)10-9(13)14-7/h2-3H,1H3,(H,10,13)(H,11,12). The van der Waals surface area contributed by atoms with E-state index in [0.29, 0.717) is 5.52 Å². The molecule has 0 atom stereocenters. The molecule has 14 heavy (non-hydrogen) atoms. The summed E-state index contributed by atoms with van der Waals surface area (Å²) in [6, 6.07) is 3.12. The topological polar surface area (TPSA) is 83.3 Å². The molecule has 0 saturated heterocycles. The molecule has 2 rings (SSSR count). The Morgan fingerprint density at radius 2 is 2.21 bits per heavy atom. The van der Waals surface area contributed by atoms with Crippen LogP contribution in [0.1, 0.15) is 15.9 Å². The van der Waals surface area contributed by atoms with Gasteiger partial charge in [-0.3, -0.25) is 4.98 Å². The number of H-pyrrole nitrogens is 1. The van der Waals surface area contributed by atoms with Crippen molar-refractivity contribution >= 4 is 17.1 Å². The molecule has 5 nitrogen and oxygen atoms in total. The number of rotatable bonds is 1. The first kappa shape index (κ1) is 8.55. The monoisotopic (exact) mass is 193 g/mol. The fourth-order valence-electron chi connectivity index (χ4n) is 1.36. The summed E-state index contributed by atoms with van der Waals surface area (Å²) in [5, 5.41) is 8.84. The number of nitrogens with one attached hydrogen (secondary N) is 1. The van der Waals surface area contributed by atoms with Crippen LogP contribution >= 0.6 is 0 Å². The van der Waals surface area contributed by atoms with Gasteiger partial charge in [-0.05, 0) is 24.6 Å². The second-order valence-electron chi connectivity index (χ2n) is 3.01. The Labute approximate surface area is 78.0 Å². The summed E-state index contributed by atoms with van der Waals surface area (Å²) in [6.45, 7) is 1.75. The number of hydrogen-bond donors (Lipinski definition) is 2. The van der Waals surface area contributed by atoms with E-state index in [9.17, 15) is 9.59 Å². The molecule has 0 amide bonds. The number of benzene rings is 1. The van der Waals surface area contributed by atoms with Crippen LogP contribution < -0.4 is 5.76 Å². The van der Waals surface area contributed by atoms with Crippen LogP contribution in [0.25, 0.3) is 11.1 Å². The summed E-state index contributed by atoms with van der Waals surface area (Å²) in [5.41, 5.74) is 1.26. The number of oxazole rings is 1. The van der Waals surface area contributed by atoms with E-state index in [1.54, 1.807) is 13.0 Å². The van der Waals surface area contributed by atoms with Gasteiger partial charge in [0.15, 0.2) is 5.58 Å². The first-order valence-electron chi connectivity index (χ1n) is 3.94. The van der Waals surface area contributed by atoms with Crippen molar-refractivity contribution in [3.8, 4) is 0 Å². The number of carbonyl (C=O) groups is 1. The van der Waals surface area contributed by atoms with Crippen LogP contribution in [0.5, 0.6) is 0 Å². The molecule has 0 fully saturated rings. The van der Waals surface area contributed by atoms with Crippen LogP contribution in [-0.4, -0.2) is 16.1 Å². The lowest BCUT2D eigenvalue weighted by Crippen LogP contribution is -1.97. The van der Waals surface area contributed by atoms with Crippen LogP contribution in [-0.2, 0) is 0 Å². The first-order chi connectivity index (χ1) is 6.58. The molecule has 1 aromatic carbocycles. The van der Waals surface area contributed by atoms with Crippen molar-refractivity contribution in [2.75, 3.05) is 0 Å². The Kier molecular flexibility index (Phi) is 1.67. The molecule has 0 saturated carbocycles. The van der Waals surface area contributed by atoms with E-state index in [0.717, 1.165) is 5.56 Å². The fourth-order valence-corrected chi connectivity index (χ4v) is 1.36. The van der Waals surface area contributed by atoms with Gasteiger partial charge in [-0.25, -0.2) is 9.59 Å². The Morgan fingerprint density at radius 1 is 1.50 bits per heavy atom. The Bertz CT molecular complexity index is 564. The van der Waals surface area contributed by atoms with E-state index < -0.39 is 11.7 Å². The van der Waals surface area contributed by atoms with Crippen molar-refractivity contribution in [1.29, 1.82) is 0 Å². The zero-order valence-corrected chi connectivity index (χ0v) is 7.33. The molecule has 0 aliphatic heterocycles. The van der Waals surface area contributed by atoms with Crippen molar-refractivity contribution in [1.82, 2.24) is 4.98 Å². The largest absolute Gasteiger partial charge is 0.478 e. The van der Waals surface area contributed by atoms with E-state index >= 15 is 0 Å². The van der Waals surface area contributed by atoms with Crippen LogP contribution in [0.4, 0.5) is 0 Å². The molecule has 0 spiro atoms. The minimum atomic E-state index is -1.11. The first-order valence-corrected chi connectivity index (χ1v) is 3.94. The molecule has 0 aliphatic rings. The highest BCUT2D eigenvalue weighted by molar-refractivity contribution is 6.00. The number of hydrogen-bond acceptors (Lipinski definition) is 3. The Balaban J connectivity index is 2.92. The quantitative estimate of drug-likeness (QED) is 0.711. The normalized spacial score (nSPS) is 10.6. The van der Waals surface area contributed by atoms with Crippen molar-refractivity contribution in [2.45, 2.75) is 6.92 Å². The minimum Gasteiger partial charge on any atom is -0.478 e. The van der Waals surface area contributed by atoms with Crippen molar-refractivity contribution < 1.29 is 14.3 Å². The minimum absolute atomic E-state index is 0.00153. The van der Waals surface area contributed by atoms with E-state index in [1.807, 2.05) is 0 Å². The average molecular weight is 193 g/mol. The van der Waals surface area contributed by atoms with E-state index in [-0.39, 0.29) is 11.1 Å². The maximum absolute atomic E-state index is 10.9. The summed E-state index contributed by atoms with van der Waals surface area (Å²) in [5.74, 6) is -1.76. The molecule has 0 aliphatic carbocycles. The molecule has 72 valence electrons. The van der Waals surface area contributed by atoms with Gasteiger partial charge in [-0.1, -0.05) is 0 Å². The molecule has 2 N–H and O–H groups in total. The summed E-state index contributed by atoms with van der Waals surface area (Å²) < 4.78 is 4.72. The molecule has 1 aromatic heterocycles. The van der Waals surface area contributed by atoms with Crippen molar-refractivity contribution in [3.05, 3.63) is 33.8 Å². The van der Waals surface area contributed by atoms with E-state index in [4.69, 9.17) is 9.52 Å². The number of aromatic carboxylic acids is 1. The molecule has 1 heterocycles. The van der Waals surface area contributed by atoms with Gasteiger partial charge < -0.3 is 9.52 Å². The van der Waals surface area contributed by atoms with Gasteiger partial charge >= 0.3 is 11.7 Å². The SMILES string of the molecule is Cc1cc(C(=O)O)c2oc(=O)[nH]c2c1. The average Bonchev–Trinajstić information content (AvgIpc) is 2.42. The predicted molar refractivity (Wildman–Crippen MR) is 48.5 cm³/mol. The Hall–Kier alpha value is -2.04. The van der Waals surface area contributed by atoms with Gasteiger partial charge in [0, 0.05) is 0 Å². The smallest absolute Gasteiger partial charge is 0.417 e. The predicted octanol–water partition coefficient (Wildman–Crippen LogP) is 1.13. The summed E-state index contributed by atoms with van der Waals surface area (Å²) >= 11 is 0. The van der Waals surface area contributed by atoms with Crippen LogP contribution in [0.3, 0.4) is 0 Å². The van der Waals surface area contributed by atoms with Gasteiger partial charge in [0.2, 0.25) is 0 Å². The van der Waals surface area contributed by atoms with Crippen LogP contribution in [0.15, 0.2) is 21.3 Å². The number of carboxylic acids is 1. The summed E-state index contributed by atoms with van der Waals surface area (Å²) in [7, 11) is 0. The zero-order chi connectivity index (χ0) is 10.3. The van der Waals surface area contributed by atoms with Gasteiger partial charge in [-0.2, -0.15) is 0 Å².